The predicted octanol–water partition coefficient (Wildman–Crippen LogP) is 5.59. The van der Waals surface area contributed by atoms with E-state index >= 15 is 0 Å². The van der Waals surface area contributed by atoms with Crippen molar-refractivity contribution in [1.82, 2.24) is 5.09 Å². The first-order valence-corrected chi connectivity index (χ1v) is 11.7. The third kappa shape index (κ3) is 5.59. The highest BCUT2D eigenvalue weighted by Crippen LogP contribution is 2.50. The maximum absolute atomic E-state index is 13.8. The van der Waals surface area contributed by atoms with Crippen molar-refractivity contribution >= 4 is 13.5 Å². The lowest BCUT2D eigenvalue weighted by atomic mass is 9.86. The van der Waals surface area contributed by atoms with Gasteiger partial charge in [0.1, 0.15) is 17.6 Å². The minimum absolute atomic E-state index is 0.158. The largest absolute Gasteiger partial charge is 0.480 e. The third-order valence-corrected chi connectivity index (χ3v) is 7.18. The summed E-state index contributed by atoms with van der Waals surface area (Å²) in [6.45, 7) is 13.4. The van der Waals surface area contributed by atoms with E-state index in [0.717, 1.165) is 11.1 Å². The Morgan fingerprint density at radius 1 is 1.18 bits per heavy atom. The molecule has 1 rings (SSSR count). The van der Waals surface area contributed by atoms with Crippen molar-refractivity contribution < 1.29 is 23.7 Å². The van der Waals surface area contributed by atoms with Gasteiger partial charge in [-0.15, -0.1) is 0 Å². The van der Waals surface area contributed by atoms with E-state index in [1.165, 1.54) is 7.11 Å². The topological polar surface area (TPSA) is 84.9 Å². The van der Waals surface area contributed by atoms with Crippen molar-refractivity contribution in [2.45, 2.75) is 72.3 Å². The van der Waals surface area contributed by atoms with Crippen LogP contribution in [0.5, 0.6) is 5.75 Å². The van der Waals surface area contributed by atoms with E-state index in [0.29, 0.717) is 12.2 Å². The van der Waals surface area contributed by atoms with E-state index in [1.807, 2.05) is 59.7 Å². The Hall–Kier alpha value is -1.36. The Morgan fingerprint density at radius 3 is 2.04 bits per heavy atom. The van der Waals surface area contributed by atoms with Crippen LogP contribution in [0.25, 0.3) is 0 Å². The summed E-state index contributed by atoms with van der Waals surface area (Å²) in [6.07, 6.45) is 0.388. The smallest absolute Gasteiger partial charge is 0.342 e. The van der Waals surface area contributed by atoms with Gasteiger partial charge in [-0.2, -0.15) is 0 Å². The summed E-state index contributed by atoms with van der Waals surface area (Å²) < 4.78 is 25.1. The highest BCUT2D eigenvalue weighted by molar-refractivity contribution is 7.57. The molecule has 7 heteroatoms. The standard InChI is InChI=1S/C21H36NO5P/c1-9-16(6)21(7,20(23)24)22-28(25,13-26-8)27-19-17(14(2)3)11-10-12-18(19)15(4)5/h10-12,14-16H,9,13H2,1-8H3,(H,22,25)(H,23,24)/t16-,21?,28?/m1/s1. The van der Waals surface area contributed by atoms with Gasteiger partial charge in [0.05, 0.1) is 0 Å². The molecule has 0 heterocycles. The average molecular weight is 413 g/mol. The quantitative estimate of drug-likeness (QED) is 0.460. The molecular weight excluding hydrogens is 377 g/mol. The molecule has 0 spiro atoms. The van der Waals surface area contributed by atoms with E-state index in [-0.39, 0.29) is 24.1 Å². The fourth-order valence-corrected chi connectivity index (χ4v) is 5.15. The highest BCUT2D eigenvalue weighted by Gasteiger charge is 2.45. The predicted molar refractivity (Wildman–Crippen MR) is 113 cm³/mol. The number of hydrogen-bond acceptors (Lipinski definition) is 4. The Balaban J connectivity index is 3.48. The van der Waals surface area contributed by atoms with Crippen LogP contribution in [0.4, 0.5) is 0 Å². The van der Waals surface area contributed by atoms with Crippen molar-refractivity contribution in [2.24, 2.45) is 5.92 Å². The lowest BCUT2D eigenvalue weighted by Crippen LogP contribution is -2.53. The molecular formula is C21H36NO5P. The van der Waals surface area contributed by atoms with Gasteiger partial charge < -0.3 is 14.4 Å². The molecule has 0 aliphatic heterocycles. The number of aliphatic carboxylic acids is 1. The van der Waals surface area contributed by atoms with Gasteiger partial charge in [-0.3, -0.25) is 9.36 Å². The molecule has 0 aromatic heterocycles. The molecule has 1 aromatic carbocycles. The number of benzene rings is 1. The van der Waals surface area contributed by atoms with Crippen LogP contribution in [-0.2, 0) is 14.1 Å². The van der Waals surface area contributed by atoms with Gasteiger partial charge in [-0.1, -0.05) is 66.2 Å². The zero-order chi connectivity index (χ0) is 21.7. The van der Waals surface area contributed by atoms with Crippen LogP contribution in [-0.4, -0.2) is 30.1 Å². The first kappa shape index (κ1) is 24.7. The Kier molecular flexibility index (Phi) is 8.73. The second-order valence-corrected chi connectivity index (χ2v) is 10.2. The fourth-order valence-electron chi connectivity index (χ4n) is 3.12. The molecule has 1 aromatic rings. The van der Waals surface area contributed by atoms with Crippen LogP contribution in [0.2, 0.25) is 0 Å². The first-order valence-electron chi connectivity index (χ1n) is 9.85. The zero-order valence-electron chi connectivity index (χ0n) is 18.4. The average Bonchev–Trinajstić information content (AvgIpc) is 2.60. The van der Waals surface area contributed by atoms with E-state index in [4.69, 9.17) is 9.26 Å². The molecule has 0 aliphatic rings. The number of carbonyl (C=O) groups is 1. The maximum Gasteiger partial charge on any atom is 0.342 e. The van der Waals surface area contributed by atoms with Gasteiger partial charge >= 0.3 is 13.5 Å². The Bertz CT molecular complexity index is 692. The van der Waals surface area contributed by atoms with Crippen molar-refractivity contribution in [1.29, 1.82) is 0 Å². The number of hydrogen-bond donors (Lipinski definition) is 2. The van der Waals surface area contributed by atoms with Crippen molar-refractivity contribution in [3.63, 3.8) is 0 Å². The van der Waals surface area contributed by atoms with Crippen LogP contribution in [0.1, 0.15) is 77.8 Å². The van der Waals surface area contributed by atoms with Crippen LogP contribution < -0.4 is 9.61 Å². The Morgan fingerprint density at radius 2 is 1.68 bits per heavy atom. The number of methoxy groups -OCH3 is 1. The molecule has 0 bridgehead atoms. The van der Waals surface area contributed by atoms with Gasteiger partial charge in [-0.25, -0.2) is 5.09 Å². The number of para-hydroxylation sites is 1. The summed E-state index contributed by atoms with van der Waals surface area (Å²) in [5, 5.41) is 12.7. The van der Waals surface area contributed by atoms with Crippen molar-refractivity contribution in [3.05, 3.63) is 29.3 Å². The molecule has 3 atom stereocenters. The minimum atomic E-state index is -3.67. The molecule has 0 fully saturated rings. The van der Waals surface area contributed by atoms with Crippen LogP contribution in [0.15, 0.2) is 18.2 Å². The van der Waals surface area contributed by atoms with Gasteiger partial charge in [0.2, 0.25) is 0 Å². The monoisotopic (exact) mass is 413 g/mol. The van der Waals surface area contributed by atoms with Gasteiger partial charge in [0.25, 0.3) is 0 Å². The van der Waals surface area contributed by atoms with E-state index in [9.17, 15) is 14.5 Å². The number of carboxylic acid groups (broad SMARTS) is 1. The molecule has 2 unspecified atom stereocenters. The Labute approximate surface area is 169 Å². The molecule has 0 saturated heterocycles. The molecule has 28 heavy (non-hydrogen) atoms. The van der Waals surface area contributed by atoms with E-state index in [2.05, 4.69) is 5.09 Å². The van der Waals surface area contributed by atoms with E-state index < -0.39 is 19.0 Å². The molecule has 160 valence electrons. The maximum atomic E-state index is 13.8. The fraction of sp³-hybridized carbons (Fsp3) is 0.667. The van der Waals surface area contributed by atoms with Gasteiger partial charge in [0, 0.05) is 7.11 Å². The summed E-state index contributed by atoms with van der Waals surface area (Å²) in [4.78, 5) is 12.0. The van der Waals surface area contributed by atoms with Crippen molar-refractivity contribution in [2.75, 3.05) is 13.5 Å². The highest BCUT2D eigenvalue weighted by atomic mass is 31.2. The summed E-state index contributed by atoms with van der Waals surface area (Å²) in [5.74, 6) is -0.459. The second kappa shape index (κ2) is 9.91. The molecule has 2 N–H and O–H groups in total. The third-order valence-electron chi connectivity index (χ3n) is 5.30. The molecule has 0 saturated carbocycles. The van der Waals surface area contributed by atoms with Crippen LogP contribution >= 0.6 is 7.52 Å². The first-order chi connectivity index (χ1) is 12.9. The second-order valence-electron chi connectivity index (χ2n) is 8.19. The van der Waals surface area contributed by atoms with E-state index in [1.54, 1.807) is 6.92 Å². The number of carboxylic acids is 1. The molecule has 6 nitrogen and oxygen atoms in total. The summed E-state index contributed by atoms with van der Waals surface area (Å²) in [7, 11) is -2.24. The van der Waals surface area contributed by atoms with Gasteiger partial charge in [0.15, 0.2) is 0 Å². The number of nitrogens with one attached hydrogen (secondary N) is 1. The van der Waals surface area contributed by atoms with Crippen LogP contribution in [0.3, 0.4) is 0 Å². The normalized spacial score (nSPS) is 17.2. The molecule has 0 amide bonds. The summed E-state index contributed by atoms with van der Waals surface area (Å²) in [6, 6.07) is 5.87. The summed E-state index contributed by atoms with van der Waals surface area (Å²) in [5.41, 5.74) is 0.461. The van der Waals surface area contributed by atoms with Crippen LogP contribution in [0, 0.1) is 5.92 Å². The zero-order valence-corrected chi connectivity index (χ0v) is 19.3. The minimum Gasteiger partial charge on any atom is -0.480 e. The van der Waals surface area contributed by atoms with Gasteiger partial charge in [-0.05, 0) is 35.8 Å². The number of ether oxygens (including phenoxy) is 1. The van der Waals surface area contributed by atoms with Crippen molar-refractivity contribution in [3.8, 4) is 5.75 Å². The lowest BCUT2D eigenvalue weighted by molar-refractivity contribution is -0.145. The SMILES string of the molecule is CC[C@@H](C)C(C)(NP(=O)(COC)Oc1c(C(C)C)cccc1C(C)C)C(=O)O. The number of rotatable bonds is 11. The molecule has 0 aliphatic carbocycles. The molecule has 0 radical (unpaired) electrons. The summed E-state index contributed by atoms with van der Waals surface area (Å²) >= 11 is 0. The lowest BCUT2D eigenvalue weighted by Gasteiger charge is -2.36.